The molecule has 0 radical (unpaired) electrons. The highest BCUT2D eigenvalue weighted by molar-refractivity contribution is 6.03. The van der Waals surface area contributed by atoms with E-state index < -0.39 is 5.97 Å². The van der Waals surface area contributed by atoms with Gasteiger partial charge in [-0.05, 0) is 63.4 Å². The number of rotatable bonds is 7. The Morgan fingerprint density at radius 3 is 2.42 bits per heavy atom. The summed E-state index contributed by atoms with van der Waals surface area (Å²) in [6, 6.07) is 5.47. The number of likely N-dealkylation sites (tertiary alicyclic amines) is 1. The molecule has 8 heteroatoms. The predicted octanol–water partition coefficient (Wildman–Crippen LogP) is 3.02. The Hall–Kier alpha value is -3.00. The van der Waals surface area contributed by atoms with E-state index in [0.29, 0.717) is 41.2 Å². The standard InChI is InChI=1S/C23H28FN3O4/c1-4-31-23(30)21-14(2)20(15(3)25-21)19(28)13-27-11-9-18(10-12-27)26-22(29)16-5-7-17(24)8-6-16/h5-8,18,25H,4,9-13H2,1-3H3,(H,26,29). The number of piperidine rings is 1. The number of aromatic amines is 1. The average Bonchev–Trinajstić information content (AvgIpc) is 3.04. The number of H-pyrrole nitrogens is 1. The van der Waals surface area contributed by atoms with Crippen molar-refractivity contribution in [3.8, 4) is 0 Å². The van der Waals surface area contributed by atoms with Gasteiger partial charge in [0.15, 0.2) is 5.78 Å². The Morgan fingerprint density at radius 2 is 1.81 bits per heavy atom. The minimum absolute atomic E-state index is 0.00931. The molecule has 1 saturated heterocycles. The minimum Gasteiger partial charge on any atom is -0.461 e. The summed E-state index contributed by atoms with van der Waals surface area (Å²) in [6.45, 7) is 7.13. The number of Topliss-reactive ketones (excluding diaryl/α,β-unsaturated/α-hetero) is 1. The summed E-state index contributed by atoms with van der Waals surface area (Å²) in [5.41, 5.74) is 2.56. The van der Waals surface area contributed by atoms with Crippen LogP contribution in [0.3, 0.4) is 0 Å². The highest BCUT2D eigenvalue weighted by Crippen LogP contribution is 2.21. The van der Waals surface area contributed by atoms with Gasteiger partial charge >= 0.3 is 5.97 Å². The van der Waals surface area contributed by atoms with E-state index in [1.165, 1.54) is 24.3 Å². The largest absolute Gasteiger partial charge is 0.461 e. The van der Waals surface area contributed by atoms with Gasteiger partial charge in [-0.2, -0.15) is 0 Å². The number of hydrogen-bond acceptors (Lipinski definition) is 5. The second kappa shape index (κ2) is 9.87. The van der Waals surface area contributed by atoms with E-state index in [4.69, 9.17) is 4.74 Å². The molecule has 0 bridgehead atoms. The molecule has 0 aliphatic carbocycles. The number of aromatic nitrogens is 1. The molecule has 1 aromatic heterocycles. The minimum atomic E-state index is -0.458. The summed E-state index contributed by atoms with van der Waals surface area (Å²) in [6.07, 6.45) is 1.44. The maximum atomic E-state index is 13.0. The summed E-state index contributed by atoms with van der Waals surface area (Å²) in [5.74, 6) is -1.10. The topological polar surface area (TPSA) is 91.5 Å². The van der Waals surface area contributed by atoms with Crippen molar-refractivity contribution in [2.45, 2.75) is 39.7 Å². The van der Waals surface area contributed by atoms with Crippen LogP contribution in [0.25, 0.3) is 0 Å². The molecule has 0 atom stereocenters. The van der Waals surface area contributed by atoms with E-state index in [1.807, 2.05) is 0 Å². The first-order valence-electron chi connectivity index (χ1n) is 10.5. The Morgan fingerprint density at radius 1 is 1.16 bits per heavy atom. The monoisotopic (exact) mass is 429 g/mol. The lowest BCUT2D eigenvalue weighted by atomic mass is 10.0. The molecule has 166 valence electrons. The first kappa shape index (κ1) is 22.7. The van der Waals surface area contributed by atoms with Crippen LogP contribution in [0.2, 0.25) is 0 Å². The molecule has 0 saturated carbocycles. The number of carbonyl (C=O) groups excluding carboxylic acids is 3. The number of ether oxygens (including phenoxy) is 1. The Kier molecular flexibility index (Phi) is 7.22. The Labute approximate surface area is 181 Å². The van der Waals surface area contributed by atoms with Crippen molar-refractivity contribution < 1.29 is 23.5 Å². The smallest absolute Gasteiger partial charge is 0.355 e. The summed E-state index contributed by atoms with van der Waals surface area (Å²) in [5, 5.41) is 2.98. The zero-order valence-electron chi connectivity index (χ0n) is 18.1. The molecule has 1 aromatic carbocycles. The number of halogens is 1. The van der Waals surface area contributed by atoms with Crippen molar-refractivity contribution in [3.05, 3.63) is 58.2 Å². The molecule has 3 rings (SSSR count). The van der Waals surface area contributed by atoms with Crippen LogP contribution < -0.4 is 5.32 Å². The fraction of sp³-hybridized carbons (Fsp3) is 0.435. The average molecular weight is 429 g/mol. The molecule has 0 unspecified atom stereocenters. The van der Waals surface area contributed by atoms with Gasteiger partial charge in [-0.3, -0.25) is 14.5 Å². The van der Waals surface area contributed by atoms with E-state index in [2.05, 4.69) is 15.2 Å². The summed E-state index contributed by atoms with van der Waals surface area (Å²) >= 11 is 0. The van der Waals surface area contributed by atoms with Crippen molar-refractivity contribution in [3.63, 3.8) is 0 Å². The number of ketones is 1. The zero-order chi connectivity index (χ0) is 22.5. The number of nitrogens with zero attached hydrogens (tertiary/aromatic N) is 1. The SMILES string of the molecule is CCOC(=O)c1[nH]c(C)c(C(=O)CN2CCC(NC(=O)c3ccc(F)cc3)CC2)c1C. The van der Waals surface area contributed by atoms with Gasteiger partial charge in [0.25, 0.3) is 5.91 Å². The maximum absolute atomic E-state index is 13.0. The van der Waals surface area contributed by atoms with Gasteiger partial charge in [0.05, 0.1) is 13.2 Å². The molecular formula is C23H28FN3O4. The van der Waals surface area contributed by atoms with Gasteiger partial charge in [-0.15, -0.1) is 0 Å². The van der Waals surface area contributed by atoms with E-state index in [9.17, 15) is 18.8 Å². The highest BCUT2D eigenvalue weighted by atomic mass is 19.1. The second-order valence-corrected chi connectivity index (χ2v) is 7.80. The number of esters is 1. The van der Waals surface area contributed by atoms with Crippen LogP contribution >= 0.6 is 0 Å². The van der Waals surface area contributed by atoms with Crippen LogP contribution in [-0.2, 0) is 4.74 Å². The predicted molar refractivity (Wildman–Crippen MR) is 114 cm³/mol. The number of hydrogen-bond donors (Lipinski definition) is 2. The number of aryl methyl sites for hydroxylation is 1. The Bertz CT molecular complexity index is 960. The van der Waals surface area contributed by atoms with Crippen molar-refractivity contribution >= 4 is 17.7 Å². The highest BCUT2D eigenvalue weighted by Gasteiger charge is 2.26. The Balaban J connectivity index is 1.54. The van der Waals surface area contributed by atoms with E-state index >= 15 is 0 Å². The van der Waals surface area contributed by atoms with Gasteiger partial charge in [0, 0.05) is 36.0 Å². The first-order chi connectivity index (χ1) is 14.8. The van der Waals surface area contributed by atoms with Crippen LogP contribution in [0, 0.1) is 19.7 Å². The molecule has 1 aliphatic rings. The molecule has 0 spiro atoms. The third-order valence-corrected chi connectivity index (χ3v) is 5.59. The maximum Gasteiger partial charge on any atom is 0.355 e. The van der Waals surface area contributed by atoms with Crippen molar-refractivity contribution in [2.75, 3.05) is 26.2 Å². The van der Waals surface area contributed by atoms with Crippen LogP contribution in [-0.4, -0.2) is 59.8 Å². The van der Waals surface area contributed by atoms with E-state index in [1.54, 1.807) is 20.8 Å². The lowest BCUT2D eigenvalue weighted by Crippen LogP contribution is -2.46. The van der Waals surface area contributed by atoms with E-state index in [-0.39, 0.29) is 36.7 Å². The van der Waals surface area contributed by atoms with Crippen molar-refractivity contribution in [2.24, 2.45) is 0 Å². The molecule has 2 heterocycles. The van der Waals surface area contributed by atoms with Crippen LogP contribution in [0.5, 0.6) is 0 Å². The molecule has 31 heavy (non-hydrogen) atoms. The normalized spacial score (nSPS) is 15.0. The van der Waals surface area contributed by atoms with Crippen molar-refractivity contribution in [1.29, 1.82) is 0 Å². The van der Waals surface area contributed by atoms with Crippen LogP contribution in [0.15, 0.2) is 24.3 Å². The van der Waals surface area contributed by atoms with Gasteiger partial charge in [-0.25, -0.2) is 9.18 Å². The van der Waals surface area contributed by atoms with Gasteiger partial charge in [-0.1, -0.05) is 0 Å². The van der Waals surface area contributed by atoms with Crippen LogP contribution in [0.1, 0.15) is 62.2 Å². The summed E-state index contributed by atoms with van der Waals surface area (Å²) in [4.78, 5) is 42.3. The lowest BCUT2D eigenvalue weighted by molar-refractivity contribution is 0.0519. The molecule has 2 aromatic rings. The molecule has 1 aliphatic heterocycles. The number of amides is 1. The molecule has 1 fully saturated rings. The molecular weight excluding hydrogens is 401 g/mol. The third-order valence-electron chi connectivity index (χ3n) is 5.59. The number of carbonyl (C=O) groups is 3. The van der Waals surface area contributed by atoms with Gasteiger partial charge < -0.3 is 15.0 Å². The molecule has 2 N–H and O–H groups in total. The third kappa shape index (κ3) is 5.38. The fourth-order valence-electron chi connectivity index (χ4n) is 3.96. The van der Waals surface area contributed by atoms with Gasteiger partial charge in [0.1, 0.15) is 11.5 Å². The quantitative estimate of drug-likeness (QED) is 0.522. The molecule has 1 amide bonds. The fourth-order valence-corrected chi connectivity index (χ4v) is 3.96. The second-order valence-electron chi connectivity index (χ2n) is 7.80. The van der Waals surface area contributed by atoms with E-state index in [0.717, 1.165) is 12.8 Å². The zero-order valence-corrected chi connectivity index (χ0v) is 18.1. The summed E-state index contributed by atoms with van der Waals surface area (Å²) < 4.78 is 18.1. The number of nitrogens with one attached hydrogen (secondary N) is 2. The number of benzene rings is 1. The first-order valence-corrected chi connectivity index (χ1v) is 10.5. The summed E-state index contributed by atoms with van der Waals surface area (Å²) in [7, 11) is 0. The van der Waals surface area contributed by atoms with Gasteiger partial charge in [0.2, 0.25) is 0 Å². The molecule has 7 nitrogen and oxygen atoms in total. The lowest BCUT2D eigenvalue weighted by Gasteiger charge is -2.32. The van der Waals surface area contributed by atoms with Crippen LogP contribution in [0.4, 0.5) is 4.39 Å². The van der Waals surface area contributed by atoms with Crippen molar-refractivity contribution in [1.82, 2.24) is 15.2 Å².